The Balaban J connectivity index is 3.12. The Morgan fingerprint density at radius 3 is 2.71 bits per heavy atom. The smallest absolute Gasteiger partial charge is 0.192 e. The van der Waals surface area contributed by atoms with E-state index in [-0.39, 0.29) is 0 Å². The average molecular weight is 162 g/mol. The number of aryl methyl sites for hydroxylation is 1. The van der Waals surface area contributed by atoms with E-state index in [0.717, 1.165) is 5.69 Å². The Morgan fingerprint density at radius 2 is 2.57 bits per heavy atom. The second-order valence-corrected chi connectivity index (χ2v) is 1.93. The predicted molar refractivity (Wildman–Crippen MR) is 28.9 cm³/mol. The third kappa shape index (κ3) is 0.825. The summed E-state index contributed by atoms with van der Waals surface area (Å²) in [6, 6.07) is 0. The van der Waals surface area contributed by atoms with Crippen LogP contribution in [0.3, 0.4) is 0 Å². The minimum absolute atomic E-state index is 0.715. The molecule has 1 aromatic rings. The van der Waals surface area contributed by atoms with Gasteiger partial charge in [0, 0.05) is 0 Å². The van der Waals surface area contributed by atoms with Gasteiger partial charge in [0.15, 0.2) is 11.1 Å². The molecular formula is C4H4BrNO. The van der Waals surface area contributed by atoms with Crippen molar-refractivity contribution >= 4 is 15.9 Å². The molecule has 0 saturated carbocycles. The molecule has 1 aromatic heterocycles. The number of nitrogens with zero attached hydrogens (tertiary/aromatic N) is 1. The van der Waals surface area contributed by atoms with E-state index in [2.05, 4.69) is 20.9 Å². The molecule has 0 aromatic carbocycles. The summed E-state index contributed by atoms with van der Waals surface area (Å²) >= 11 is 3.14. The second kappa shape index (κ2) is 1.66. The lowest BCUT2D eigenvalue weighted by Crippen LogP contribution is -1.64. The van der Waals surface area contributed by atoms with Crippen LogP contribution in [-0.4, -0.2) is 4.98 Å². The van der Waals surface area contributed by atoms with E-state index >= 15 is 0 Å². The molecule has 0 aliphatic rings. The van der Waals surface area contributed by atoms with E-state index in [9.17, 15) is 0 Å². The van der Waals surface area contributed by atoms with Crippen LogP contribution in [0, 0.1) is 6.92 Å². The van der Waals surface area contributed by atoms with Gasteiger partial charge in [-0.2, -0.15) is 0 Å². The van der Waals surface area contributed by atoms with Crippen LogP contribution in [0.5, 0.6) is 0 Å². The first kappa shape index (κ1) is 4.84. The van der Waals surface area contributed by atoms with Crippen molar-refractivity contribution in [1.82, 2.24) is 4.98 Å². The molecule has 0 radical (unpaired) electrons. The van der Waals surface area contributed by atoms with Gasteiger partial charge in [0.05, 0.1) is 5.69 Å². The van der Waals surface area contributed by atoms with Gasteiger partial charge >= 0.3 is 0 Å². The normalized spacial score (nSPS) is 9.43. The zero-order chi connectivity index (χ0) is 5.28. The molecule has 1 heterocycles. The third-order valence-corrected chi connectivity index (χ3v) is 1.45. The van der Waals surface area contributed by atoms with Crippen molar-refractivity contribution in [2.45, 2.75) is 6.92 Å². The van der Waals surface area contributed by atoms with E-state index < -0.39 is 0 Å². The summed E-state index contributed by atoms with van der Waals surface area (Å²) in [5.41, 5.74) is 0.889. The summed E-state index contributed by atoms with van der Waals surface area (Å²) in [6.07, 6.45) is 1.40. The maximum Gasteiger partial charge on any atom is 0.192 e. The van der Waals surface area contributed by atoms with E-state index in [0.29, 0.717) is 4.67 Å². The zero-order valence-electron chi connectivity index (χ0n) is 3.81. The molecule has 1 rings (SSSR count). The molecule has 0 saturated heterocycles. The molecular weight excluding hydrogens is 158 g/mol. The van der Waals surface area contributed by atoms with Gasteiger partial charge in [-0.05, 0) is 22.9 Å². The monoisotopic (exact) mass is 161 g/mol. The van der Waals surface area contributed by atoms with Crippen molar-refractivity contribution in [2.24, 2.45) is 0 Å². The highest BCUT2D eigenvalue weighted by Crippen LogP contribution is 2.11. The molecule has 0 N–H and O–H groups in total. The first-order valence-corrected chi connectivity index (χ1v) is 2.65. The quantitative estimate of drug-likeness (QED) is 0.580. The maximum absolute atomic E-state index is 4.77. The van der Waals surface area contributed by atoms with E-state index in [1.165, 1.54) is 6.39 Å². The average Bonchev–Trinajstić information content (AvgIpc) is 1.91. The Bertz CT molecular complexity index is 144. The molecule has 7 heavy (non-hydrogen) atoms. The molecule has 0 aliphatic carbocycles. The standard InChI is InChI=1S/C4H4BrNO/c1-3-4(5)7-2-6-3/h2H,1H3. The lowest BCUT2D eigenvalue weighted by atomic mass is 10.6. The Kier molecular flexibility index (Phi) is 1.15. The van der Waals surface area contributed by atoms with Gasteiger partial charge in [0.1, 0.15) is 0 Å². The van der Waals surface area contributed by atoms with Gasteiger partial charge in [-0.15, -0.1) is 0 Å². The van der Waals surface area contributed by atoms with Crippen LogP contribution in [0.4, 0.5) is 0 Å². The van der Waals surface area contributed by atoms with Crippen LogP contribution in [0.15, 0.2) is 15.5 Å². The Labute approximate surface area is 49.7 Å². The first-order valence-electron chi connectivity index (χ1n) is 1.86. The highest BCUT2D eigenvalue weighted by molar-refractivity contribution is 9.10. The fourth-order valence-electron chi connectivity index (χ4n) is 0.288. The number of aromatic nitrogens is 1. The van der Waals surface area contributed by atoms with Crippen molar-refractivity contribution < 1.29 is 4.42 Å². The Morgan fingerprint density at radius 1 is 1.86 bits per heavy atom. The minimum atomic E-state index is 0.715. The summed E-state index contributed by atoms with van der Waals surface area (Å²) in [4.78, 5) is 3.80. The Hall–Kier alpha value is -0.310. The van der Waals surface area contributed by atoms with Crippen molar-refractivity contribution in [1.29, 1.82) is 0 Å². The molecule has 0 aliphatic heterocycles. The molecule has 0 fully saturated rings. The summed E-state index contributed by atoms with van der Waals surface area (Å²) in [5, 5.41) is 0. The fraction of sp³-hybridized carbons (Fsp3) is 0.250. The highest BCUT2D eigenvalue weighted by atomic mass is 79.9. The number of hydrogen-bond donors (Lipinski definition) is 0. The molecule has 38 valence electrons. The van der Waals surface area contributed by atoms with Crippen LogP contribution in [0.25, 0.3) is 0 Å². The third-order valence-electron chi connectivity index (χ3n) is 0.687. The molecule has 3 heteroatoms. The summed E-state index contributed by atoms with van der Waals surface area (Å²) < 4.78 is 5.48. The van der Waals surface area contributed by atoms with E-state index in [1.54, 1.807) is 0 Å². The van der Waals surface area contributed by atoms with E-state index in [4.69, 9.17) is 4.42 Å². The van der Waals surface area contributed by atoms with Crippen LogP contribution in [0.2, 0.25) is 0 Å². The number of rotatable bonds is 0. The van der Waals surface area contributed by atoms with Crippen LogP contribution in [-0.2, 0) is 0 Å². The SMILES string of the molecule is Cc1ncoc1Br. The van der Waals surface area contributed by atoms with Gasteiger partial charge in [-0.3, -0.25) is 0 Å². The molecule has 0 atom stereocenters. The topological polar surface area (TPSA) is 26.0 Å². The number of hydrogen-bond acceptors (Lipinski definition) is 2. The van der Waals surface area contributed by atoms with Gasteiger partial charge < -0.3 is 4.42 Å². The number of oxazole rings is 1. The maximum atomic E-state index is 4.77. The van der Waals surface area contributed by atoms with Gasteiger partial charge in [-0.1, -0.05) is 0 Å². The first-order chi connectivity index (χ1) is 3.30. The largest absolute Gasteiger partial charge is 0.436 e. The molecule has 0 bridgehead atoms. The fourth-order valence-corrected chi connectivity index (χ4v) is 0.474. The van der Waals surface area contributed by atoms with E-state index in [1.807, 2.05) is 6.92 Å². The summed E-state index contributed by atoms with van der Waals surface area (Å²) in [6.45, 7) is 1.87. The van der Waals surface area contributed by atoms with Gasteiger partial charge in [-0.25, -0.2) is 4.98 Å². The molecule has 0 amide bonds. The minimum Gasteiger partial charge on any atom is -0.436 e. The molecule has 0 unspecified atom stereocenters. The predicted octanol–water partition coefficient (Wildman–Crippen LogP) is 1.75. The highest BCUT2D eigenvalue weighted by Gasteiger charge is 1.93. The van der Waals surface area contributed by atoms with Crippen molar-refractivity contribution in [3.05, 3.63) is 16.8 Å². The molecule has 0 spiro atoms. The van der Waals surface area contributed by atoms with Gasteiger partial charge in [0.2, 0.25) is 0 Å². The van der Waals surface area contributed by atoms with Crippen LogP contribution < -0.4 is 0 Å². The zero-order valence-corrected chi connectivity index (χ0v) is 5.40. The van der Waals surface area contributed by atoms with Crippen molar-refractivity contribution in [3.63, 3.8) is 0 Å². The lowest BCUT2D eigenvalue weighted by Gasteiger charge is -1.73. The van der Waals surface area contributed by atoms with Crippen LogP contribution >= 0.6 is 15.9 Å². The summed E-state index contributed by atoms with van der Waals surface area (Å²) in [5.74, 6) is 0. The summed E-state index contributed by atoms with van der Waals surface area (Å²) in [7, 11) is 0. The van der Waals surface area contributed by atoms with Crippen molar-refractivity contribution in [3.8, 4) is 0 Å². The lowest BCUT2D eigenvalue weighted by molar-refractivity contribution is 0.532. The van der Waals surface area contributed by atoms with Gasteiger partial charge in [0.25, 0.3) is 0 Å². The van der Waals surface area contributed by atoms with Crippen molar-refractivity contribution in [2.75, 3.05) is 0 Å². The molecule has 2 nitrogen and oxygen atoms in total. The number of halogens is 1. The second-order valence-electron chi connectivity index (χ2n) is 1.21. The van der Waals surface area contributed by atoms with Crippen LogP contribution in [0.1, 0.15) is 5.69 Å².